The van der Waals surface area contributed by atoms with Crippen LogP contribution in [0.5, 0.6) is 0 Å². The van der Waals surface area contributed by atoms with Gasteiger partial charge in [0.25, 0.3) is 0 Å². The van der Waals surface area contributed by atoms with Gasteiger partial charge in [-0.05, 0) is 45.4 Å². The van der Waals surface area contributed by atoms with Crippen LogP contribution < -0.4 is 4.57 Å². The van der Waals surface area contributed by atoms with Crippen molar-refractivity contribution in [2.75, 3.05) is 0 Å². The molecule has 0 fully saturated rings. The van der Waals surface area contributed by atoms with Crippen LogP contribution in [0.1, 0.15) is 31.1 Å². The molecule has 0 saturated heterocycles. The molecule has 0 bridgehead atoms. The van der Waals surface area contributed by atoms with Gasteiger partial charge in [-0.3, -0.25) is 0 Å². The highest BCUT2D eigenvalue weighted by molar-refractivity contribution is 5.79. The molecule has 3 aromatic heterocycles. The minimum absolute atomic E-state index is 0.388. The van der Waals surface area contributed by atoms with E-state index in [9.17, 15) is 0 Å². The Balaban J connectivity index is 2.12. The quantitative estimate of drug-likeness (QED) is 0.528. The maximum atomic E-state index is 4.65. The lowest BCUT2D eigenvalue weighted by molar-refractivity contribution is -0.719. The SMILES string of the molecule is Cc1cc(C)c2ccc(-n3[c-][n+](C(C)C)cc3)nc2n1. The van der Waals surface area contributed by atoms with Crippen LogP contribution in [0.25, 0.3) is 16.9 Å². The highest BCUT2D eigenvalue weighted by Crippen LogP contribution is 2.17. The number of pyridine rings is 2. The van der Waals surface area contributed by atoms with E-state index in [1.807, 2.05) is 34.5 Å². The monoisotopic (exact) mass is 266 g/mol. The van der Waals surface area contributed by atoms with Crippen molar-refractivity contribution in [2.24, 2.45) is 0 Å². The summed E-state index contributed by atoms with van der Waals surface area (Å²) in [5.41, 5.74) is 2.99. The molecule has 0 amide bonds. The van der Waals surface area contributed by atoms with Crippen LogP contribution in [0, 0.1) is 20.2 Å². The van der Waals surface area contributed by atoms with Crippen LogP contribution >= 0.6 is 0 Å². The molecular weight excluding hydrogens is 248 g/mol. The molecule has 0 unspecified atom stereocenters. The fourth-order valence-corrected chi connectivity index (χ4v) is 2.30. The molecule has 0 aliphatic rings. The predicted octanol–water partition coefficient (Wildman–Crippen LogP) is 2.71. The molecule has 3 heterocycles. The van der Waals surface area contributed by atoms with Crippen molar-refractivity contribution in [1.82, 2.24) is 14.5 Å². The van der Waals surface area contributed by atoms with Crippen molar-refractivity contribution < 1.29 is 4.57 Å². The average molecular weight is 266 g/mol. The molecule has 0 atom stereocenters. The number of nitrogens with zero attached hydrogens (tertiary/aromatic N) is 4. The number of rotatable bonds is 2. The summed E-state index contributed by atoms with van der Waals surface area (Å²) in [5, 5.41) is 1.10. The number of hydrogen-bond acceptors (Lipinski definition) is 2. The van der Waals surface area contributed by atoms with Crippen molar-refractivity contribution in [3.63, 3.8) is 0 Å². The summed E-state index contributed by atoms with van der Waals surface area (Å²) >= 11 is 0. The normalized spacial score (nSPS) is 11.4. The van der Waals surface area contributed by atoms with E-state index in [2.05, 4.69) is 49.2 Å². The summed E-state index contributed by atoms with van der Waals surface area (Å²) in [6.45, 7) is 8.34. The van der Waals surface area contributed by atoms with Crippen LogP contribution in [0.4, 0.5) is 0 Å². The van der Waals surface area contributed by atoms with Gasteiger partial charge in [0.2, 0.25) is 6.33 Å². The van der Waals surface area contributed by atoms with Gasteiger partial charge in [-0.15, -0.1) is 0 Å². The number of aromatic nitrogens is 4. The van der Waals surface area contributed by atoms with Crippen molar-refractivity contribution in [3.05, 3.63) is 48.2 Å². The van der Waals surface area contributed by atoms with Gasteiger partial charge < -0.3 is 9.13 Å². The topological polar surface area (TPSA) is 34.6 Å². The minimum atomic E-state index is 0.388. The van der Waals surface area contributed by atoms with Crippen LogP contribution in [0.15, 0.2) is 30.6 Å². The van der Waals surface area contributed by atoms with Crippen LogP contribution in [-0.2, 0) is 0 Å². The smallest absolute Gasteiger partial charge is 0.244 e. The number of imidazole rings is 1. The zero-order valence-electron chi connectivity index (χ0n) is 12.3. The molecule has 102 valence electrons. The zero-order valence-corrected chi connectivity index (χ0v) is 12.3. The van der Waals surface area contributed by atoms with Gasteiger partial charge in [0.05, 0.1) is 6.04 Å². The van der Waals surface area contributed by atoms with E-state index in [1.54, 1.807) is 0 Å². The fraction of sp³-hybridized carbons (Fsp3) is 0.312. The summed E-state index contributed by atoms with van der Waals surface area (Å²) in [7, 11) is 0. The van der Waals surface area contributed by atoms with Gasteiger partial charge in [0.15, 0.2) is 5.65 Å². The Kier molecular flexibility index (Phi) is 3.01. The Labute approximate surface area is 118 Å². The Morgan fingerprint density at radius 1 is 1.20 bits per heavy atom. The Hall–Kier alpha value is -2.23. The number of fused-ring (bicyclic) bond motifs is 1. The molecule has 0 radical (unpaired) electrons. The first-order valence-corrected chi connectivity index (χ1v) is 6.82. The maximum absolute atomic E-state index is 4.65. The molecule has 4 nitrogen and oxygen atoms in total. The predicted molar refractivity (Wildman–Crippen MR) is 77.8 cm³/mol. The second-order valence-corrected chi connectivity index (χ2v) is 5.39. The van der Waals surface area contributed by atoms with Gasteiger partial charge >= 0.3 is 0 Å². The molecule has 3 aromatic rings. The molecule has 4 heteroatoms. The molecule has 20 heavy (non-hydrogen) atoms. The second-order valence-electron chi connectivity index (χ2n) is 5.39. The van der Waals surface area contributed by atoms with Crippen LogP contribution in [-0.4, -0.2) is 14.5 Å². The van der Waals surface area contributed by atoms with Crippen molar-refractivity contribution >= 4 is 11.0 Å². The first-order chi connectivity index (χ1) is 9.54. The molecular formula is C16H18N4. The summed E-state index contributed by atoms with van der Waals surface area (Å²) in [6.07, 6.45) is 7.24. The van der Waals surface area contributed by atoms with Crippen molar-refractivity contribution in [3.8, 4) is 5.82 Å². The Morgan fingerprint density at radius 3 is 2.70 bits per heavy atom. The lowest BCUT2D eigenvalue weighted by Crippen LogP contribution is -2.33. The van der Waals surface area contributed by atoms with Crippen molar-refractivity contribution in [2.45, 2.75) is 33.7 Å². The largest absolute Gasteiger partial charge is 0.318 e. The van der Waals surface area contributed by atoms with E-state index in [1.165, 1.54) is 5.56 Å². The molecule has 0 aliphatic heterocycles. The third kappa shape index (κ3) is 2.18. The summed E-state index contributed by atoms with van der Waals surface area (Å²) in [4.78, 5) is 9.17. The number of aryl methyl sites for hydroxylation is 2. The van der Waals surface area contributed by atoms with Gasteiger partial charge in [0.1, 0.15) is 5.82 Å². The van der Waals surface area contributed by atoms with Crippen LogP contribution in [0.2, 0.25) is 0 Å². The average Bonchev–Trinajstić information content (AvgIpc) is 2.87. The summed E-state index contributed by atoms with van der Waals surface area (Å²) in [5.74, 6) is 0.842. The summed E-state index contributed by atoms with van der Waals surface area (Å²) < 4.78 is 3.93. The molecule has 0 spiro atoms. The van der Waals surface area contributed by atoms with E-state index in [0.717, 1.165) is 22.5 Å². The van der Waals surface area contributed by atoms with Gasteiger partial charge in [0, 0.05) is 23.5 Å². The fourth-order valence-electron chi connectivity index (χ4n) is 2.30. The highest BCUT2D eigenvalue weighted by Gasteiger charge is 2.06. The lowest BCUT2D eigenvalue weighted by Gasteiger charge is -2.07. The zero-order chi connectivity index (χ0) is 14.3. The molecule has 0 aliphatic carbocycles. The molecule has 0 aromatic carbocycles. The lowest BCUT2D eigenvalue weighted by atomic mass is 10.1. The Bertz CT molecular complexity index is 771. The second kappa shape index (κ2) is 4.71. The number of hydrogen-bond donors (Lipinski definition) is 0. The van der Waals surface area contributed by atoms with Gasteiger partial charge in [-0.1, -0.05) is 6.07 Å². The molecule has 0 saturated carbocycles. The van der Waals surface area contributed by atoms with E-state index in [4.69, 9.17) is 0 Å². The third-order valence-electron chi connectivity index (χ3n) is 3.40. The molecule has 0 N–H and O–H groups in total. The standard InChI is InChI=1S/C16H18N4/c1-11(2)19-7-8-20(10-19)15-6-5-14-12(3)9-13(4)17-16(14)18-15/h5-9,11H,1-4H3. The first-order valence-electron chi connectivity index (χ1n) is 6.82. The Morgan fingerprint density at radius 2 is 2.00 bits per heavy atom. The minimum Gasteiger partial charge on any atom is -0.318 e. The molecule has 3 rings (SSSR count). The van der Waals surface area contributed by atoms with Crippen LogP contribution in [0.3, 0.4) is 0 Å². The van der Waals surface area contributed by atoms with E-state index >= 15 is 0 Å². The highest BCUT2D eigenvalue weighted by atomic mass is 15.2. The first kappa shape index (κ1) is 12.8. The van der Waals surface area contributed by atoms with Crippen molar-refractivity contribution in [1.29, 1.82) is 0 Å². The van der Waals surface area contributed by atoms with Gasteiger partial charge in [-0.25, -0.2) is 9.97 Å². The maximum Gasteiger partial charge on any atom is 0.244 e. The van der Waals surface area contributed by atoms with E-state index in [-0.39, 0.29) is 0 Å². The summed E-state index contributed by atoms with van der Waals surface area (Å²) in [6, 6.07) is 6.55. The van der Waals surface area contributed by atoms with E-state index < -0.39 is 0 Å². The van der Waals surface area contributed by atoms with E-state index in [0.29, 0.717) is 6.04 Å². The van der Waals surface area contributed by atoms with Gasteiger partial charge in [-0.2, -0.15) is 0 Å². The third-order valence-corrected chi connectivity index (χ3v) is 3.40.